The number of carbonyl (C=O) groups excluding carboxylic acids is 3. The van der Waals surface area contributed by atoms with Crippen molar-refractivity contribution in [1.82, 2.24) is 4.90 Å². The van der Waals surface area contributed by atoms with E-state index in [-0.39, 0.29) is 40.9 Å². The number of sulfone groups is 1. The van der Waals surface area contributed by atoms with Gasteiger partial charge >= 0.3 is 0 Å². The maximum Gasteiger partial charge on any atom is 0.261 e. The van der Waals surface area contributed by atoms with E-state index in [2.05, 4.69) is 5.32 Å². The normalized spacial score (nSPS) is 13.6. The van der Waals surface area contributed by atoms with E-state index >= 15 is 0 Å². The van der Waals surface area contributed by atoms with Crippen molar-refractivity contribution in [3.8, 4) is 0 Å². The Bertz CT molecular complexity index is 1020. The predicted molar refractivity (Wildman–Crippen MR) is 99.2 cm³/mol. The van der Waals surface area contributed by atoms with Crippen molar-refractivity contribution in [3.63, 3.8) is 0 Å². The Morgan fingerprint density at radius 3 is 2.37 bits per heavy atom. The Morgan fingerprint density at radius 1 is 1.00 bits per heavy atom. The molecule has 2 aromatic carbocycles. The van der Waals surface area contributed by atoms with Crippen LogP contribution in [-0.4, -0.2) is 43.8 Å². The Morgan fingerprint density at radius 2 is 1.67 bits per heavy atom. The highest BCUT2D eigenvalue weighted by atomic mass is 32.2. The lowest BCUT2D eigenvalue weighted by molar-refractivity contribution is -0.116. The van der Waals surface area contributed by atoms with Crippen molar-refractivity contribution >= 4 is 33.2 Å². The number of carbonyl (C=O) groups is 3. The lowest BCUT2D eigenvalue weighted by Crippen LogP contribution is -2.24. The molecule has 0 aromatic heterocycles. The van der Waals surface area contributed by atoms with E-state index in [1.807, 2.05) is 0 Å². The number of nitrogens with zero attached hydrogens (tertiary/aromatic N) is 1. The molecule has 0 atom stereocenters. The molecule has 0 saturated heterocycles. The van der Waals surface area contributed by atoms with Gasteiger partial charge in [-0.2, -0.15) is 0 Å². The lowest BCUT2D eigenvalue weighted by atomic mass is 10.1. The van der Waals surface area contributed by atoms with Crippen molar-refractivity contribution in [2.24, 2.45) is 0 Å². The Balaban J connectivity index is 1.58. The van der Waals surface area contributed by atoms with Crippen LogP contribution in [0.15, 0.2) is 53.4 Å². The molecule has 0 aliphatic carbocycles. The summed E-state index contributed by atoms with van der Waals surface area (Å²) in [6.45, 7) is 0. The molecule has 0 radical (unpaired) electrons. The number of benzene rings is 2. The summed E-state index contributed by atoms with van der Waals surface area (Å²) < 4.78 is 24.4. The second-order valence-electron chi connectivity index (χ2n) is 6.21. The average molecular weight is 386 g/mol. The van der Waals surface area contributed by atoms with Crippen molar-refractivity contribution in [2.75, 3.05) is 18.1 Å². The van der Waals surface area contributed by atoms with E-state index < -0.39 is 15.7 Å². The number of imide groups is 1. The van der Waals surface area contributed by atoms with Crippen LogP contribution in [-0.2, 0) is 14.6 Å². The smallest absolute Gasteiger partial charge is 0.261 e. The molecular weight excluding hydrogens is 368 g/mol. The molecule has 7 nitrogen and oxygen atoms in total. The van der Waals surface area contributed by atoms with E-state index in [0.29, 0.717) is 11.3 Å². The molecular formula is C19H18N2O5S. The van der Waals surface area contributed by atoms with Gasteiger partial charge in [-0.25, -0.2) is 8.42 Å². The van der Waals surface area contributed by atoms with Crippen LogP contribution in [0.2, 0.25) is 0 Å². The van der Waals surface area contributed by atoms with E-state index in [1.54, 1.807) is 24.3 Å². The first-order chi connectivity index (χ1) is 12.8. The summed E-state index contributed by atoms with van der Waals surface area (Å²) in [6, 6.07) is 12.6. The van der Waals surface area contributed by atoms with Gasteiger partial charge in [-0.05, 0) is 36.8 Å². The summed E-state index contributed by atoms with van der Waals surface area (Å²) in [7, 11) is -2.03. The topological polar surface area (TPSA) is 101 Å². The molecule has 0 bridgehead atoms. The third-order valence-corrected chi connectivity index (χ3v) is 6.11. The first-order valence-corrected chi connectivity index (χ1v) is 9.99. The fraction of sp³-hybridized carbons (Fsp3) is 0.211. The molecule has 27 heavy (non-hydrogen) atoms. The number of amides is 3. The fourth-order valence-corrected chi connectivity index (χ4v) is 4.16. The second-order valence-corrected chi connectivity index (χ2v) is 8.32. The summed E-state index contributed by atoms with van der Waals surface area (Å²) in [5.74, 6) is -1.28. The van der Waals surface area contributed by atoms with Crippen molar-refractivity contribution in [2.45, 2.75) is 17.7 Å². The maximum atomic E-state index is 12.2. The van der Waals surface area contributed by atoms with Gasteiger partial charge in [-0.15, -0.1) is 0 Å². The van der Waals surface area contributed by atoms with Crippen LogP contribution < -0.4 is 5.32 Å². The number of hydrogen-bond donors (Lipinski definition) is 1. The summed E-state index contributed by atoms with van der Waals surface area (Å²) in [4.78, 5) is 37.2. The summed E-state index contributed by atoms with van der Waals surface area (Å²) in [5, 5.41) is 2.63. The Labute approximate surface area is 156 Å². The molecule has 0 fully saturated rings. The molecule has 1 N–H and O–H groups in total. The van der Waals surface area contributed by atoms with E-state index in [1.165, 1.54) is 31.3 Å². The molecule has 1 aliphatic rings. The molecule has 0 unspecified atom stereocenters. The molecule has 8 heteroatoms. The molecule has 3 rings (SSSR count). The van der Waals surface area contributed by atoms with Gasteiger partial charge in [0.2, 0.25) is 5.91 Å². The molecule has 0 saturated carbocycles. The van der Waals surface area contributed by atoms with Crippen LogP contribution in [0, 0.1) is 0 Å². The summed E-state index contributed by atoms with van der Waals surface area (Å²) in [6.07, 6.45) is 0.198. The van der Waals surface area contributed by atoms with Gasteiger partial charge in [-0.1, -0.05) is 18.2 Å². The average Bonchev–Trinajstić information content (AvgIpc) is 2.86. The SMILES string of the molecule is CN1C(=O)c2ccc(NC(=O)CCCS(=O)(=O)c3ccccc3)cc2C1=O. The molecule has 2 aromatic rings. The molecule has 140 valence electrons. The zero-order chi connectivity index (χ0) is 19.6. The van der Waals surface area contributed by atoms with E-state index in [4.69, 9.17) is 0 Å². The minimum absolute atomic E-state index is 0.0237. The number of hydrogen-bond acceptors (Lipinski definition) is 5. The van der Waals surface area contributed by atoms with Gasteiger partial charge < -0.3 is 5.32 Å². The minimum atomic E-state index is -3.42. The van der Waals surface area contributed by atoms with Crippen LogP contribution in [0.3, 0.4) is 0 Å². The zero-order valence-corrected chi connectivity index (χ0v) is 15.5. The second kappa shape index (κ2) is 7.32. The van der Waals surface area contributed by atoms with Crippen LogP contribution in [0.25, 0.3) is 0 Å². The van der Waals surface area contributed by atoms with E-state index in [9.17, 15) is 22.8 Å². The van der Waals surface area contributed by atoms with Crippen molar-refractivity contribution < 1.29 is 22.8 Å². The number of rotatable bonds is 6. The largest absolute Gasteiger partial charge is 0.326 e. The predicted octanol–water partition coefficient (Wildman–Crippen LogP) is 2.11. The minimum Gasteiger partial charge on any atom is -0.326 e. The highest BCUT2D eigenvalue weighted by molar-refractivity contribution is 7.91. The first kappa shape index (κ1) is 18.8. The van der Waals surface area contributed by atoms with Crippen molar-refractivity contribution in [3.05, 3.63) is 59.7 Å². The van der Waals surface area contributed by atoms with Crippen LogP contribution >= 0.6 is 0 Å². The van der Waals surface area contributed by atoms with Gasteiger partial charge in [0.05, 0.1) is 21.8 Å². The maximum absolute atomic E-state index is 12.2. The van der Waals surface area contributed by atoms with Gasteiger partial charge in [0, 0.05) is 19.2 Å². The third kappa shape index (κ3) is 3.90. The standard InChI is InChI=1S/C19H18N2O5S/c1-21-18(23)15-10-9-13(12-16(15)19(21)24)20-17(22)8-5-11-27(25,26)14-6-3-2-4-7-14/h2-4,6-7,9-10,12H,5,8,11H2,1H3,(H,20,22). The van der Waals surface area contributed by atoms with Gasteiger partial charge in [0.15, 0.2) is 9.84 Å². The molecule has 1 heterocycles. The summed E-state index contributed by atoms with van der Waals surface area (Å²) in [5.41, 5.74) is 0.933. The highest BCUT2D eigenvalue weighted by Gasteiger charge is 2.32. The van der Waals surface area contributed by atoms with Gasteiger partial charge in [-0.3, -0.25) is 19.3 Å². The van der Waals surface area contributed by atoms with E-state index in [0.717, 1.165) is 4.90 Å². The number of fused-ring (bicyclic) bond motifs is 1. The molecule has 1 aliphatic heterocycles. The number of nitrogens with one attached hydrogen (secondary N) is 1. The number of anilines is 1. The van der Waals surface area contributed by atoms with Crippen molar-refractivity contribution in [1.29, 1.82) is 0 Å². The fourth-order valence-electron chi connectivity index (χ4n) is 2.83. The van der Waals surface area contributed by atoms with Crippen LogP contribution in [0.5, 0.6) is 0 Å². The Hall–Kier alpha value is -3.00. The van der Waals surface area contributed by atoms with Crippen LogP contribution in [0.1, 0.15) is 33.6 Å². The monoisotopic (exact) mass is 386 g/mol. The quantitative estimate of drug-likeness (QED) is 0.767. The molecule has 3 amide bonds. The van der Waals surface area contributed by atoms with Gasteiger partial charge in [0.1, 0.15) is 0 Å². The molecule has 0 spiro atoms. The zero-order valence-electron chi connectivity index (χ0n) is 14.6. The third-order valence-electron chi connectivity index (χ3n) is 4.29. The first-order valence-electron chi connectivity index (χ1n) is 8.34. The lowest BCUT2D eigenvalue weighted by Gasteiger charge is -2.07. The highest BCUT2D eigenvalue weighted by Crippen LogP contribution is 2.24. The Kier molecular flexibility index (Phi) is 5.09. The van der Waals surface area contributed by atoms with Gasteiger partial charge in [0.25, 0.3) is 11.8 Å². The summed E-state index contributed by atoms with van der Waals surface area (Å²) >= 11 is 0. The van der Waals surface area contributed by atoms with Crippen LogP contribution in [0.4, 0.5) is 5.69 Å².